The van der Waals surface area contributed by atoms with Crippen molar-refractivity contribution in [2.24, 2.45) is 5.92 Å². The summed E-state index contributed by atoms with van der Waals surface area (Å²) in [5.74, 6) is 2.46. The molecule has 146 valence electrons. The van der Waals surface area contributed by atoms with Gasteiger partial charge in [0, 0.05) is 18.0 Å². The summed E-state index contributed by atoms with van der Waals surface area (Å²) in [5.41, 5.74) is 3.89. The number of aromatic nitrogens is 2. The smallest absolute Gasteiger partial charge is 0.159 e. The molecular weight excluding hydrogens is 328 g/mol. The lowest BCUT2D eigenvalue weighted by molar-refractivity contribution is 0.318. The Labute approximate surface area is 165 Å². The zero-order chi connectivity index (χ0) is 18.9. The predicted octanol–water partition coefficient (Wildman–Crippen LogP) is 7.34. The summed E-state index contributed by atoms with van der Waals surface area (Å²) in [6, 6.07) is 8.86. The number of aryl methyl sites for hydroxylation is 1. The molecule has 3 rings (SSSR count). The van der Waals surface area contributed by atoms with Crippen LogP contribution in [0.4, 0.5) is 0 Å². The molecule has 0 unspecified atom stereocenters. The number of hydrogen-bond acceptors (Lipinski definition) is 2. The zero-order valence-corrected chi connectivity index (χ0v) is 17.3. The Hall–Kier alpha value is -1.70. The van der Waals surface area contributed by atoms with Gasteiger partial charge in [0.05, 0.1) is 0 Å². The van der Waals surface area contributed by atoms with Gasteiger partial charge in [-0.3, -0.25) is 0 Å². The van der Waals surface area contributed by atoms with Gasteiger partial charge in [0.2, 0.25) is 0 Å². The van der Waals surface area contributed by atoms with E-state index in [4.69, 9.17) is 0 Å². The summed E-state index contributed by atoms with van der Waals surface area (Å²) in [6.45, 7) is 4.59. The van der Waals surface area contributed by atoms with E-state index in [2.05, 4.69) is 60.5 Å². The van der Waals surface area contributed by atoms with Gasteiger partial charge in [0.1, 0.15) is 0 Å². The third kappa shape index (κ3) is 5.89. The van der Waals surface area contributed by atoms with Crippen LogP contribution in [0.3, 0.4) is 0 Å². The Bertz CT molecular complexity index is 652. The zero-order valence-electron chi connectivity index (χ0n) is 17.3. The molecule has 1 heterocycles. The Kier molecular flexibility index (Phi) is 7.86. The molecule has 1 saturated carbocycles. The second-order valence-corrected chi connectivity index (χ2v) is 8.33. The molecule has 1 aliphatic carbocycles. The minimum atomic E-state index is 0.664. The number of unbranched alkanes of at least 4 members (excludes halogenated alkanes) is 4. The standard InChI is InChI=1S/C25H36N2/c1-3-5-6-7-8-9-21-12-16-23(17-13-21)25-26-18-24(19-27-25)22-14-10-20(4-2)11-15-22/h12-13,16-20,22H,3-11,14-15H2,1-2H3. The van der Waals surface area contributed by atoms with Gasteiger partial charge < -0.3 is 0 Å². The SMILES string of the molecule is CCCCCCCc1ccc(-c2ncc(C3CCC(CC)CC3)cn2)cc1. The first-order chi connectivity index (χ1) is 13.3. The Morgan fingerprint density at radius 2 is 1.48 bits per heavy atom. The van der Waals surface area contributed by atoms with Crippen LogP contribution >= 0.6 is 0 Å². The average Bonchev–Trinajstić information content (AvgIpc) is 2.74. The Morgan fingerprint density at radius 3 is 2.11 bits per heavy atom. The van der Waals surface area contributed by atoms with Crippen molar-refractivity contribution in [1.29, 1.82) is 0 Å². The molecule has 0 amide bonds. The highest BCUT2D eigenvalue weighted by Gasteiger charge is 2.21. The van der Waals surface area contributed by atoms with E-state index in [1.54, 1.807) is 0 Å². The molecule has 0 atom stereocenters. The van der Waals surface area contributed by atoms with Gasteiger partial charge in [-0.2, -0.15) is 0 Å². The van der Waals surface area contributed by atoms with Crippen LogP contribution in [-0.4, -0.2) is 9.97 Å². The minimum absolute atomic E-state index is 0.664. The van der Waals surface area contributed by atoms with Gasteiger partial charge in [-0.1, -0.05) is 70.2 Å². The van der Waals surface area contributed by atoms with E-state index in [-0.39, 0.29) is 0 Å². The van der Waals surface area contributed by atoms with Crippen molar-refractivity contribution >= 4 is 0 Å². The summed E-state index contributed by atoms with van der Waals surface area (Å²) in [4.78, 5) is 9.36. The molecule has 2 nitrogen and oxygen atoms in total. The van der Waals surface area contributed by atoms with Gasteiger partial charge in [0.15, 0.2) is 5.82 Å². The second kappa shape index (κ2) is 10.6. The highest BCUT2D eigenvalue weighted by Crippen LogP contribution is 2.36. The molecule has 0 N–H and O–H groups in total. The molecule has 0 saturated heterocycles. The molecule has 1 aliphatic rings. The lowest BCUT2D eigenvalue weighted by Gasteiger charge is -2.27. The van der Waals surface area contributed by atoms with E-state index < -0.39 is 0 Å². The maximum atomic E-state index is 4.68. The van der Waals surface area contributed by atoms with Gasteiger partial charge in [-0.15, -0.1) is 0 Å². The molecule has 2 heteroatoms. The van der Waals surface area contributed by atoms with Crippen LogP contribution in [0.15, 0.2) is 36.7 Å². The lowest BCUT2D eigenvalue weighted by Crippen LogP contribution is -2.13. The van der Waals surface area contributed by atoms with Crippen LogP contribution in [0.25, 0.3) is 11.4 Å². The van der Waals surface area contributed by atoms with Gasteiger partial charge in [-0.05, 0) is 61.5 Å². The van der Waals surface area contributed by atoms with E-state index in [0.29, 0.717) is 5.92 Å². The summed E-state index contributed by atoms with van der Waals surface area (Å²) >= 11 is 0. The Balaban J connectivity index is 1.52. The molecule has 1 aromatic carbocycles. The largest absolute Gasteiger partial charge is 0.236 e. The van der Waals surface area contributed by atoms with Crippen LogP contribution in [0.5, 0.6) is 0 Å². The fraction of sp³-hybridized carbons (Fsp3) is 0.600. The maximum absolute atomic E-state index is 4.68. The van der Waals surface area contributed by atoms with Crippen molar-refractivity contribution in [2.45, 2.75) is 90.4 Å². The predicted molar refractivity (Wildman–Crippen MR) is 115 cm³/mol. The van der Waals surface area contributed by atoms with Crippen molar-refractivity contribution in [3.63, 3.8) is 0 Å². The summed E-state index contributed by atoms with van der Waals surface area (Å²) in [7, 11) is 0. The van der Waals surface area contributed by atoms with Crippen molar-refractivity contribution in [3.8, 4) is 11.4 Å². The number of benzene rings is 1. The third-order valence-corrected chi connectivity index (χ3v) is 6.35. The van der Waals surface area contributed by atoms with Crippen molar-refractivity contribution in [2.75, 3.05) is 0 Å². The maximum Gasteiger partial charge on any atom is 0.159 e. The van der Waals surface area contributed by atoms with E-state index in [9.17, 15) is 0 Å². The van der Waals surface area contributed by atoms with E-state index in [1.807, 2.05) is 0 Å². The van der Waals surface area contributed by atoms with Crippen LogP contribution in [0.2, 0.25) is 0 Å². The van der Waals surface area contributed by atoms with Crippen molar-refractivity contribution < 1.29 is 0 Å². The monoisotopic (exact) mass is 364 g/mol. The molecule has 0 aliphatic heterocycles. The van der Waals surface area contributed by atoms with Crippen molar-refractivity contribution in [1.82, 2.24) is 9.97 Å². The number of rotatable bonds is 9. The Morgan fingerprint density at radius 1 is 0.815 bits per heavy atom. The molecule has 1 fully saturated rings. The van der Waals surface area contributed by atoms with Crippen LogP contribution in [0, 0.1) is 5.92 Å². The normalized spacial score (nSPS) is 19.9. The van der Waals surface area contributed by atoms with Crippen LogP contribution in [0.1, 0.15) is 95.1 Å². The molecular formula is C25H36N2. The summed E-state index contributed by atoms with van der Waals surface area (Å²) < 4.78 is 0. The lowest BCUT2D eigenvalue weighted by atomic mass is 9.78. The molecule has 2 aromatic rings. The van der Waals surface area contributed by atoms with E-state index >= 15 is 0 Å². The molecule has 0 radical (unpaired) electrons. The fourth-order valence-electron chi connectivity index (χ4n) is 4.36. The van der Waals surface area contributed by atoms with Gasteiger partial charge in [0.25, 0.3) is 0 Å². The van der Waals surface area contributed by atoms with Gasteiger partial charge in [-0.25, -0.2) is 9.97 Å². The van der Waals surface area contributed by atoms with Crippen molar-refractivity contribution in [3.05, 3.63) is 47.8 Å². The van der Waals surface area contributed by atoms with Gasteiger partial charge >= 0.3 is 0 Å². The fourth-order valence-corrected chi connectivity index (χ4v) is 4.36. The third-order valence-electron chi connectivity index (χ3n) is 6.35. The number of hydrogen-bond donors (Lipinski definition) is 0. The first kappa shape index (κ1) is 20.0. The van der Waals surface area contributed by atoms with Crippen LogP contribution in [-0.2, 0) is 6.42 Å². The highest BCUT2D eigenvalue weighted by molar-refractivity contribution is 5.55. The highest BCUT2D eigenvalue weighted by atomic mass is 14.9. The molecule has 27 heavy (non-hydrogen) atoms. The quantitative estimate of drug-likeness (QED) is 0.435. The molecule has 0 spiro atoms. The second-order valence-electron chi connectivity index (χ2n) is 8.33. The van der Waals surface area contributed by atoms with Crippen LogP contribution < -0.4 is 0 Å². The first-order valence-electron chi connectivity index (χ1n) is 11.2. The average molecular weight is 365 g/mol. The first-order valence-corrected chi connectivity index (χ1v) is 11.2. The topological polar surface area (TPSA) is 25.8 Å². The molecule has 0 bridgehead atoms. The minimum Gasteiger partial charge on any atom is -0.236 e. The summed E-state index contributed by atoms with van der Waals surface area (Å²) in [6.07, 6.45) is 18.7. The van der Waals surface area contributed by atoms with E-state index in [1.165, 1.54) is 81.8 Å². The van der Waals surface area contributed by atoms with E-state index in [0.717, 1.165) is 17.3 Å². The number of nitrogens with zero attached hydrogens (tertiary/aromatic N) is 2. The molecule has 1 aromatic heterocycles. The summed E-state index contributed by atoms with van der Waals surface area (Å²) in [5, 5.41) is 0.